The number of anilines is 3. The zero-order valence-corrected chi connectivity index (χ0v) is 36.4. The molecule has 306 valence electrons. The van der Waals surface area contributed by atoms with Gasteiger partial charge in [-0.15, -0.1) is 11.3 Å². The highest BCUT2D eigenvalue weighted by atomic mass is 32.1. The van der Waals surface area contributed by atoms with Gasteiger partial charge in [-0.2, -0.15) is 0 Å². The summed E-state index contributed by atoms with van der Waals surface area (Å²) in [5, 5.41) is 4.80. The SMILES string of the molecule is C=C1/C=C\C=C/CC2(c3ccc(N(c4ccccc4-c4ccccc4)c4cccc5c4oc4ccccc45)cc3-c3ccccc31)c1ccccc1-c1cc3sc4ccccc4c3cc12. The number of benzene rings is 9. The van der Waals surface area contributed by atoms with Crippen LogP contribution in [-0.4, -0.2) is 0 Å². The molecule has 1 spiro atoms. The zero-order valence-electron chi connectivity index (χ0n) is 35.5. The number of hydrogen-bond acceptors (Lipinski definition) is 3. The minimum Gasteiger partial charge on any atom is -0.454 e. The fraction of sp³-hybridized carbons (Fsp3) is 0.0323. The summed E-state index contributed by atoms with van der Waals surface area (Å²) in [6, 6.07) is 73.4. The molecule has 13 rings (SSSR count). The summed E-state index contributed by atoms with van der Waals surface area (Å²) in [7, 11) is 0. The van der Waals surface area contributed by atoms with E-state index in [1.54, 1.807) is 0 Å². The van der Waals surface area contributed by atoms with Crippen LogP contribution in [0.2, 0.25) is 0 Å². The van der Waals surface area contributed by atoms with Crippen molar-refractivity contribution >= 4 is 76.1 Å². The van der Waals surface area contributed by atoms with E-state index in [4.69, 9.17) is 4.42 Å². The molecule has 0 saturated heterocycles. The molecule has 9 aromatic carbocycles. The molecule has 65 heavy (non-hydrogen) atoms. The van der Waals surface area contributed by atoms with Crippen molar-refractivity contribution in [2.75, 3.05) is 4.90 Å². The fourth-order valence-electron chi connectivity index (χ4n) is 10.9. The Hall–Kier alpha value is -7.98. The Morgan fingerprint density at radius 2 is 1.14 bits per heavy atom. The lowest BCUT2D eigenvalue weighted by atomic mass is 9.67. The first-order valence-electron chi connectivity index (χ1n) is 22.3. The van der Waals surface area contributed by atoms with E-state index in [2.05, 4.69) is 230 Å². The first-order valence-corrected chi connectivity index (χ1v) is 23.1. The summed E-state index contributed by atoms with van der Waals surface area (Å²) in [6.07, 6.45) is 9.66. The number of thiophene rings is 1. The Bertz CT molecular complexity index is 3790. The number of rotatable bonds is 4. The van der Waals surface area contributed by atoms with Crippen LogP contribution in [0.3, 0.4) is 0 Å². The standard InChI is InChI=1S/C62H41NOS/c1-40-19-4-3-17-36-62(53-29-13-9-25-46(53)51-39-60-52(38-55(51)62)48-27-12-16-33-59(48)65-60)54-35-34-42(37-50(54)45-24-8-7-22-43(40)45)63(56-30-14-10-23-44(56)41-20-5-2-6-21-41)57-31-18-28-49-47-26-11-15-32-58(47)64-61(49)57/h2-35,37-39H,1,36H2/b17-3-,19-4-. The van der Waals surface area contributed by atoms with E-state index in [-0.39, 0.29) is 0 Å². The van der Waals surface area contributed by atoms with E-state index in [1.807, 2.05) is 17.4 Å². The molecule has 0 radical (unpaired) electrons. The lowest BCUT2D eigenvalue weighted by Crippen LogP contribution is -2.27. The average molecular weight is 848 g/mol. The quantitative estimate of drug-likeness (QED) is 0.175. The van der Waals surface area contributed by atoms with Crippen molar-refractivity contribution in [2.45, 2.75) is 11.8 Å². The first kappa shape index (κ1) is 37.6. The van der Waals surface area contributed by atoms with Crippen LogP contribution in [0.1, 0.15) is 28.7 Å². The smallest absolute Gasteiger partial charge is 0.159 e. The predicted molar refractivity (Wildman–Crippen MR) is 276 cm³/mol. The van der Waals surface area contributed by atoms with Gasteiger partial charge >= 0.3 is 0 Å². The van der Waals surface area contributed by atoms with E-state index < -0.39 is 5.41 Å². The first-order chi connectivity index (χ1) is 32.2. The Morgan fingerprint density at radius 3 is 2.03 bits per heavy atom. The fourth-order valence-corrected chi connectivity index (χ4v) is 12.0. The molecule has 2 aliphatic carbocycles. The second kappa shape index (κ2) is 14.8. The maximum atomic E-state index is 6.86. The number of allylic oxidation sites excluding steroid dienone is 5. The molecule has 2 nitrogen and oxygen atoms in total. The number of para-hydroxylation sites is 3. The predicted octanol–water partition coefficient (Wildman–Crippen LogP) is 17.6. The van der Waals surface area contributed by atoms with Crippen molar-refractivity contribution in [1.29, 1.82) is 0 Å². The van der Waals surface area contributed by atoms with Crippen LogP contribution < -0.4 is 4.90 Å². The normalized spacial score (nSPS) is 16.3. The van der Waals surface area contributed by atoms with Crippen molar-refractivity contribution < 1.29 is 4.42 Å². The highest BCUT2D eigenvalue weighted by Gasteiger charge is 2.46. The number of nitrogens with zero attached hydrogens (tertiary/aromatic N) is 1. The van der Waals surface area contributed by atoms with E-state index in [9.17, 15) is 0 Å². The zero-order chi connectivity index (χ0) is 43.1. The van der Waals surface area contributed by atoms with Gasteiger partial charge in [0.1, 0.15) is 5.58 Å². The molecule has 2 aliphatic rings. The Morgan fingerprint density at radius 1 is 0.462 bits per heavy atom. The summed E-state index contributed by atoms with van der Waals surface area (Å²) >= 11 is 1.89. The molecule has 2 aromatic heterocycles. The second-order valence-corrected chi connectivity index (χ2v) is 18.3. The molecule has 1 atom stereocenters. The van der Waals surface area contributed by atoms with Gasteiger partial charge in [0.2, 0.25) is 0 Å². The second-order valence-electron chi connectivity index (χ2n) is 17.2. The molecular formula is C62H41NOS. The lowest BCUT2D eigenvalue weighted by Gasteiger charge is -2.36. The highest BCUT2D eigenvalue weighted by molar-refractivity contribution is 7.25. The summed E-state index contributed by atoms with van der Waals surface area (Å²) in [5.74, 6) is 0. The highest BCUT2D eigenvalue weighted by Crippen LogP contribution is 2.59. The summed E-state index contributed by atoms with van der Waals surface area (Å²) in [6.45, 7) is 4.66. The third kappa shape index (κ3) is 5.72. The van der Waals surface area contributed by atoms with Crippen LogP contribution >= 0.6 is 11.3 Å². The molecule has 0 N–H and O–H groups in total. The number of hydrogen-bond donors (Lipinski definition) is 0. The Balaban J connectivity index is 1.15. The summed E-state index contributed by atoms with van der Waals surface area (Å²) < 4.78 is 9.49. The Labute approximate surface area is 382 Å². The molecular weight excluding hydrogens is 807 g/mol. The van der Waals surface area contributed by atoms with Crippen molar-refractivity contribution in [1.82, 2.24) is 0 Å². The largest absolute Gasteiger partial charge is 0.454 e. The van der Waals surface area contributed by atoms with Gasteiger partial charge in [0.25, 0.3) is 0 Å². The van der Waals surface area contributed by atoms with Gasteiger partial charge in [-0.3, -0.25) is 0 Å². The van der Waals surface area contributed by atoms with Gasteiger partial charge in [-0.1, -0.05) is 183 Å². The maximum Gasteiger partial charge on any atom is 0.159 e. The van der Waals surface area contributed by atoms with Crippen molar-refractivity contribution in [3.63, 3.8) is 0 Å². The molecule has 3 heteroatoms. The summed E-state index contributed by atoms with van der Waals surface area (Å²) in [5.41, 5.74) is 17.4. The topological polar surface area (TPSA) is 16.4 Å². The third-order valence-corrected chi connectivity index (χ3v) is 14.9. The van der Waals surface area contributed by atoms with Gasteiger partial charge in [-0.05, 0) is 111 Å². The van der Waals surface area contributed by atoms with Gasteiger partial charge < -0.3 is 9.32 Å². The van der Waals surface area contributed by atoms with Gasteiger partial charge in [0.05, 0.1) is 16.8 Å². The van der Waals surface area contributed by atoms with Crippen LogP contribution in [0, 0.1) is 0 Å². The molecule has 1 unspecified atom stereocenters. The third-order valence-electron chi connectivity index (χ3n) is 13.8. The van der Waals surface area contributed by atoms with Gasteiger partial charge in [-0.25, -0.2) is 0 Å². The Kier molecular flexibility index (Phi) is 8.56. The average Bonchev–Trinajstić information content (AvgIpc) is 4.01. The minimum atomic E-state index is -0.522. The lowest BCUT2D eigenvalue weighted by molar-refractivity contribution is 0.647. The molecule has 0 fully saturated rings. The number of furan rings is 1. The van der Waals surface area contributed by atoms with Crippen LogP contribution in [0.4, 0.5) is 17.1 Å². The van der Waals surface area contributed by atoms with Crippen LogP contribution in [0.25, 0.3) is 81.1 Å². The van der Waals surface area contributed by atoms with E-state index in [0.29, 0.717) is 0 Å². The molecule has 0 aliphatic heterocycles. The minimum absolute atomic E-state index is 0.522. The van der Waals surface area contributed by atoms with E-state index in [0.717, 1.165) is 73.2 Å². The molecule has 11 aromatic rings. The van der Waals surface area contributed by atoms with Gasteiger partial charge in [0.15, 0.2) is 5.58 Å². The maximum absolute atomic E-state index is 6.86. The van der Waals surface area contributed by atoms with E-state index >= 15 is 0 Å². The monoisotopic (exact) mass is 847 g/mol. The molecule has 0 amide bonds. The van der Waals surface area contributed by atoms with Crippen LogP contribution in [-0.2, 0) is 5.41 Å². The molecule has 2 heterocycles. The molecule has 0 bridgehead atoms. The van der Waals surface area contributed by atoms with Crippen molar-refractivity contribution in [2.24, 2.45) is 0 Å². The molecule has 0 saturated carbocycles. The van der Waals surface area contributed by atoms with E-state index in [1.165, 1.54) is 53.6 Å². The van der Waals surface area contributed by atoms with Crippen LogP contribution in [0.15, 0.2) is 235 Å². The van der Waals surface area contributed by atoms with Crippen molar-refractivity contribution in [3.8, 4) is 33.4 Å². The van der Waals surface area contributed by atoms with Crippen molar-refractivity contribution in [3.05, 3.63) is 253 Å². The summed E-state index contributed by atoms with van der Waals surface area (Å²) in [4.78, 5) is 2.42. The van der Waals surface area contributed by atoms with Gasteiger partial charge in [0, 0.05) is 42.2 Å². The van der Waals surface area contributed by atoms with Crippen LogP contribution in [0.5, 0.6) is 0 Å². The number of fused-ring (bicyclic) bond motifs is 15.